The van der Waals surface area contributed by atoms with Crippen LogP contribution in [-0.2, 0) is 4.79 Å². The largest absolute Gasteiger partial charge is 0.394 e. The zero-order valence-electron chi connectivity index (χ0n) is 9.79. The van der Waals surface area contributed by atoms with Gasteiger partial charge in [0.25, 0.3) is 0 Å². The second-order valence-corrected chi connectivity index (χ2v) is 4.78. The van der Waals surface area contributed by atoms with Crippen LogP contribution in [0.25, 0.3) is 0 Å². The van der Waals surface area contributed by atoms with E-state index in [0.29, 0.717) is 5.92 Å². The van der Waals surface area contributed by atoms with Gasteiger partial charge in [-0.05, 0) is 18.4 Å². The van der Waals surface area contributed by atoms with Crippen LogP contribution in [0.5, 0.6) is 0 Å². The third kappa shape index (κ3) is 3.18. The number of carbonyl (C=O) groups excluding carboxylic acids is 1. The summed E-state index contributed by atoms with van der Waals surface area (Å²) in [5.41, 5.74) is 0. The molecule has 0 aromatic rings. The molecule has 3 atom stereocenters. The first-order chi connectivity index (χ1) is 7.06. The maximum Gasteiger partial charge on any atom is 0.225 e. The van der Waals surface area contributed by atoms with E-state index < -0.39 is 0 Å². The summed E-state index contributed by atoms with van der Waals surface area (Å²) < 4.78 is 0. The van der Waals surface area contributed by atoms with Gasteiger partial charge in [-0.1, -0.05) is 20.8 Å². The molecule has 4 nitrogen and oxygen atoms in total. The lowest BCUT2D eigenvalue weighted by molar-refractivity contribution is -0.126. The van der Waals surface area contributed by atoms with Gasteiger partial charge in [0.2, 0.25) is 5.91 Å². The van der Waals surface area contributed by atoms with E-state index in [0.717, 1.165) is 13.1 Å². The number of hydrogen-bond acceptors (Lipinski definition) is 3. The molecule has 3 N–H and O–H groups in total. The molecule has 1 saturated heterocycles. The molecule has 0 radical (unpaired) electrons. The summed E-state index contributed by atoms with van der Waals surface area (Å²) in [5.74, 6) is 0.776. The highest BCUT2D eigenvalue weighted by Gasteiger charge is 2.30. The standard InChI is InChI=1S/C11H22N2O2/c1-7(2)10(6-14)13-11(15)9-5-12-4-8(9)3/h7-10,12,14H,4-6H2,1-3H3,(H,13,15). The molecule has 1 aliphatic rings. The summed E-state index contributed by atoms with van der Waals surface area (Å²) in [5, 5.41) is 15.2. The van der Waals surface area contributed by atoms with Crippen molar-refractivity contribution in [2.75, 3.05) is 19.7 Å². The van der Waals surface area contributed by atoms with E-state index in [9.17, 15) is 4.79 Å². The molecule has 15 heavy (non-hydrogen) atoms. The highest BCUT2D eigenvalue weighted by atomic mass is 16.3. The number of hydrogen-bond donors (Lipinski definition) is 3. The molecule has 3 unspecified atom stereocenters. The van der Waals surface area contributed by atoms with Gasteiger partial charge in [0.1, 0.15) is 0 Å². The van der Waals surface area contributed by atoms with E-state index in [1.54, 1.807) is 0 Å². The van der Waals surface area contributed by atoms with Crippen LogP contribution in [0.3, 0.4) is 0 Å². The summed E-state index contributed by atoms with van der Waals surface area (Å²) in [6.07, 6.45) is 0. The van der Waals surface area contributed by atoms with Gasteiger partial charge < -0.3 is 15.7 Å². The number of carbonyl (C=O) groups is 1. The normalized spacial score (nSPS) is 28.1. The Bertz CT molecular complexity index is 219. The minimum absolute atomic E-state index is 0.0118. The molecule has 0 aliphatic carbocycles. The minimum Gasteiger partial charge on any atom is -0.394 e. The first-order valence-corrected chi connectivity index (χ1v) is 5.68. The topological polar surface area (TPSA) is 61.4 Å². The van der Waals surface area contributed by atoms with Gasteiger partial charge in [0.05, 0.1) is 18.6 Å². The lowest BCUT2D eigenvalue weighted by Crippen LogP contribution is -2.45. The van der Waals surface area contributed by atoms with Crippen LogP contribution in [0.2, 0.25) is 0 Å². The van der Waals surface area contributed by atoms with E-state index in [4.69, 9.17) is 5.11 Å². The third-order valence-corrected chi connectivity index (χ3v) is 3.18. The van der Waals surface area contributed by atoms with Crippen LogP contribution in [0.1, 0.15) is 20.8 Å². The molecule has 0 aromatic carbocycles. The molecule has 1 heterocycles. The zero-order valence-corrected chi connectivity index (χ0v) is 9.79. The molecule has 0 aromatic heterocycles. The molecular formula is C11H22N2O2. The van der Waals surface area contributed by atoms with Crippen molar-refractivity contribution in [2.45, 2.75) is 26.8 Å². The van der Waals surface area contributed by atoms with E-state index in [-0.39, 0.29) is 30.4 Å². The van der Waals surface area contributed by atoms with Gasteiger partial charge in [-0.3, -0.25) is 4.79 Å². The monoisotopic (exact) mass is 214 g/mol. The average molecular weight is 214 g/mol. The zero-order chi connectivity index (χ0) is 11.4. The summed E-state index contributed by atoms with van der Waals surface area (Å²) in [4.78, 5) is 11.9. The Labute approximate surface area is 91.4 Å². The van der Waals surface area contributed by atoms with Crippen molar-refractivity contribution in [3.05, 3.63) is 0 Å². The Morgan fingerprint density at radius 2 is 2.20 bits per heavy atom. The molecular weight excluding hydrogens is 192 g/mol. The molecule has 0 spiro atoms. The quantitative estimate of drug-likeness (QED) is 0.616. The van der Waals surface area contributed by atoms with Crippen LogP contribution >= 0.6 is 0 Å². The van der Waals surface area contributed by atoms with E-state index in [1.807, 2.05) is 13.8 Å². The van der Waals surface area contributed by atoms with Crippen molar-refractivity contribution in [2.24, 2.45) is 17.8 Å². The molecule has 1 rings (SSSR count). The van der Waals surface area contributed by atoms with Crippen LogP contribution < -0.4 is 10.6 Å². The lowest BCUT2D eigenvalue weighted by atomic mass is 9.96. The van der Waals surface area contributed by atoms with E-state index in [2.05, 4.69) is 17.6 Å². The fraction of sp³-hybridized carbons (Fsp3) is 0.909. The fourth-order valence-electron chi connectivity index (χ4n) is 1.87. The minimum atomic E-state index is -0.120. The second kappa shape index (κ2) is 5.47. The van der Waals surface area contributed by atoms with Crippen molar-refractivity contribution in [1.82, 2.24) is 10.6 Å². The van der Waals surface area contributed by atoms with Gasteiger partial charge in [0.15, 0.2) is 0 Å². The number of nitrogens with one attached hydrogen (secondary N) is 2. The Hall–Kier alpha value is -0.610. The summed E-state index contributed by atoms with van der Waals surface area (Å²) in [7, 11) is 0. The molecule has 0 bridgehead atoms. The first-order valence-electron chi connectivity index (χ1n) is 5.68. The Balaban J connectivity index is 2.46. The van der Waals surface area contributed by atoms with Gasteiger partial charge in [0, 0.05) is 6.54 Å². The second-order valence-electron chi connectivity index (χ2n) is 4.78. The average Bonchev–Trinajstić information content (AvgIpc) is 2.60. The molecule has 88 valence electrons. The predicted octanol–water partition coefficient (Wildman–Crippen LogP) is -0.0250. The number of aliphatic hydroxyl groups is 1. The maximum absolute atomic E-state index is 11.9. The van der Waals surface area contributed by atoms with Crippen molar-refractivity contribution < 1.29 is 9.90 Å². The van der Waals surface area contributed by atoms with Crippen LogP contribution in [0, 0.1) is 17.8 Å². The van der Waals surface area contributed by atoms with Crippen LogP contribution in [0.15, 0.2) is 0 Å². The molecule has 1 amide bonds. The number of rotatable bonds is 4. The van der Waals surface area contributed by atoms with Crippen molar-refractivity contribution in [3.8, 4) is 0 Å². The van der Waals surface area contributed by atoms with Crippen molar-refractivity contribution >= 4 is 5.91 Å². The maximum atomic E-state index is 11.9. The lowest BCUT2D eigenvalue weighted by Gasteiger charge is -2.23. The summed E-state index contributed by atoms with van der Waals surface area (Å²) in [6.45, 7) is 7.74. The Kier molecular flexibility index (Phi) is 4.54. The molecule has 1 fully saturated rings. The number of aliphatic hydroxyl groups excluding tert-OH is 1. The highest BCUT2D eigenvalue weighted by Crippen LogP contribution is 2.16. The predicted molar refractivity (Wildman–Crippen MR) is 59.4 cm³/mol. The van der Waals surface area contributed by atoms with Crippen LogP contribution in [-0.4, -0.2) is 36.8 Å². The fourth-order valence-corrected chi connectivity index (χ4v) is 1.87. The molecule has 1 aliphatic heterocycles. The van der Waals surface area contributed by atoms with Crippen molar-refractivity contribution in [3.63, 3.8) is 0 Å². The summed E-state index contributed by atoms with van der Waals surface area (Å²) >= 11 is 0. The summed E-state index contributed by atoms with van der Waals surface area (Å²) in [6, 6.07) is -0.120. The highest BCUT2D eigenvalue weighted by molar-refractivity contribution is 5.79. The SMILES string of the molecule is CC(C)C(CO)NC(=O)C1CNCC1C. The Morgan fingerprint density at radius 1 is 1.53 bits per heavy atom. The van der Waals surface area contributed by atoms with E-state index in [1.165, 1.54) is 0 Å². The van der Waals surface area contributed by atoms with E-state index >= 15 is 0 Å². The number of amides is 1. The van der Waals surface area contributed by atoms with Gasteiger partial charge in [-0.25, -0.2) is 0 Å². The smallest absolute Gasteiger partial charge is 0.225 e. The van der Waals surface area contributed by atoms with Crippen LogP contribution in [0.4, 0.5) is 0 Å². The van der Waals surface area contributed by atoms with Crippen molar-refractivity contribution in [1.29, 1.82) is 0 Å². The molecule has 4 heteroatoms. The van der Waals surface area contributed by atoms with Gasteiger partial charge in [-0.15, -0.1) is 0 Å². The van der Waals surface area contributed by atoms with Gasteiger partial charge >= 0.3 is 0 Å². The third-order valence-electron chi connectivity index (χ3n) is 3.18. The first kappa shape index (κ1) is 12.5. The van der Waals surface area contributed by atoms with Gasteiger partial charge in [-0.2, -0.15) is 0 Å². The Morgan fingerprint density at radius 3 is 2.60 bits per heavy atom. The molecule has 0 saturated carbocycles.